The first-order chi connectivity index (χ1) is 14.4. The number of esters is 1. The van der Waals surface area contributed by atoms with E-state index < -0.39 is 18.1 Å². The summed E-state index contributed by atoms with van der Waals surface area (Å²) in [6, 6.07) is 3.81. The molecule has 1 aromatic heterocycles. The van der Waals surface area contributed by atoms with E-state index in [1.54, 1.807) is 37.6 Å². The fraction of sp³-hybridized carbons (Fsp3) is 0.476. The number of benzene rings is 1. The van der Waals surface area contributed by atoms with Crippen LogP contribution >= 0.6 is 0 Å². The van der Waals surface area contributed by atoms with Gasteiger partial charge in [-0.2, -0.15) is 0 Å². The summed E-state index contributed by atoms with van der Waals surface area (Å²) in [5.74, 6) is 0.648. The predicted octanol–water partition coefficient (Wildman–Crippen LogP) is 2.28. The number of urea groups is 1. The Kier molecular flexibility index (Phi) is 6.49. The highest BCUT2D eigenvalue weighted by molar-refractivity contribution is 5.84. The number of carbonyl (C=O) groups excluding carboxylic acids is 2. The van der Waals surface area contributed by atoms with Gasteiger partial charge in [-0.15, -0.1) is 0 Å². The maximum absolute atomic E-state index is 13.3. The maximum atomic E-state index is 13.3. The molecule has 1 aromatic carbocycles. The third-order valence-electron chi connectivity index (χ3n) is 5.32. The second-order valence-electron chi connectivity index (χ2n) is 7.41. The minimum Gasteiger partial charge on any atom is -0.497 e. The number of carbonyl (C=O) groups is 2. The number of methoxy groups -OCH3 is 3. The molecule has 9 heteroatoms. The molecule has 2 aromatic rings. The lowest BCUT2D eigenvalue weighted by molar-refractivity contribution is -0.144. The van der Waals surface area contributed by atoms with Crippen LogP contribution in [0.2, 0.25) is 0 Å². The van der Waals surface area contributed by atoms with Gasteiger partial charge in [0.15, 0.2) is 0 Å². The van der Waals surface area contributed by atoms with Crippen molar-refractivity contribution in [2.75, 3.05) is 27.9 Å². The normalized spacial score (nSPS) is 16.6. The van der Waals surface area contributed by atoms with Crippen LogP contribution in [0.5, 0.6) is 11.5 Å². The molecule has 0 saturated carbocycles. The van der Waals surface area contributed by atoms with Crippen molar-refractivity contribution < 1.29 is 23.8 Å². The van der Waals surface area contributed by atoms with Crippen molar-refractivity contribution in [3.63, 3.8) is 0 Å². The number of imidazole rings is 1. The van der Waals surface area contributed by atoms with Crippen LogP contribution < -0.4 is 14.8 Å². The van der Waals surface area contributed by atoms with Crippen LogP contribution in [-0.2, 0) is 16.0 Å². The molecular formula is C21H28N4O5. The van der Waals surface area contributed by atoms with Gasteiger partial charge >= 0.3 is 12.0 Å². The first-order valence-corrected chi connectivity index (χ1v) is 9.80. The smallest absolute Gasteiger partial charge is 0.328 e. The van der Waals surface area contributed by atoms with Crippen molar-refractivity contribution in [3.05, 3.63) is 41.5 Å². The summed E-state index contributed by atoms with van der Waals surface area (Å²) in [5.41, 5.74) is 2.45. The van der Waals surface area contributed by atoms with E-state index >= 15 is 0 Å². The Labute approximate surface area is 175 Å². The fourth-order valence-corrected chi connectivity index (χ4v) is 3.70. The number of nitrogens with one attached hydrogen (secondary N) is 2. The number of hydrogen-bond acceptors (Lipinski definition) is 6. The highest BCUT2D eigenvalue weighted by atomic mass is 16.5. The SMILES string of the molecule is COC(=O)[C@@H](NC(=O)N1CCc2[nH]cnc2C1c1cc(OC)ccc1OC)C(C)C. The molecule has 0 spiro atoms. The molecule has 30 heavy (non-hydrogen) atoms. The molecule has 0 radical (unpaired) electrons. The summed E-state index contributed by atoms with van der Waals surface area (Å²) in [6.07, 6.45) is 2.24. The van der Waals surface area contributed by atoms with Gasteiger partial charge in [0.25, 0.3) is 0 Å². The van der Waals surface area contributed by atoms with Crippen LogP contribution in [0.4, 0.5) is 4.79 Å². The Morgan fingerprint density at radius 3 is 2.63 bits per heavy atom. The van der Waals surface area contributed by atoms with Crippen molar-refractivity contribution >= 4 is 12.0 Å². The van der Waals surface area contributed by atoms with E-state index in [4.69, 9.17) is 14.2 Å². The number of H-pyrrole nitrogens is 1. The number of rotatable bonds is 6. The zero-order valence-corrected chi connectivity index (χ0v) is 17.9. The molecule has 0 bridgehead atoms. The molecule has 0 fully saturated rings. The molecule has 2 N–H and O–H groups in total. The van der Waals surface area contributed by atoms with E-state index in [-0.39, 0.29) is 11.9 Å². The lowest BCUT2D eigenvalue weighted by atomic mass is 9.94. The van der Waals surface area contributed by atoms with Crippen LogP contribution in [0.25, 0.3) is 0 Å². The van der Waals surface area contributed by atoms with Crippen molar-refractivity contribution in [2.45, 2.75) is 32.4 Å². The number of ether oxygens (including phenoxy) is 3. The largest absolute Gasteiger partial charge is 0.497 e. The van der Waals surface area contributed by atoms with Crippen LogP contribution in [0, 0.1) is 5.92 Å². The van der Waals surface area contributed by atoms with Gasteiger partial charge in [-0.1, -0.05) is 13.8 Å². The van der Waals surface area contributed by atoms with Gasteiger partial charge in [0.2, 0.25) is 0 Å². The van der Waals surface area contributed by atoms with E-state index in [9.17, 15) is 9.59 Å². The zero-order valence-electron chi connectivity index (χ0n) is 17.9. The van der Waals surface area contributed by atoms with E-state index in [0.29, 0.717) is 24.5 Å². The minimum absolute atomic E-state index is 0.128. The Morgan fingerprint density at radius 1 is 1.23 bits per heavy atom. The Bertz CT molecular complexity index is 911. The number of aromatic nitrogens is 2. The quantitative estimate of drug-likeness (QED) is 0.700. The van der Waals surface area contributed by atoms with E-state index in [0.717, 1.165) is 17.0 Å². The highest BCUT2D eigenvalue weighted by Gasteiger charge is 2.38. The van der Waals surface area contributed by atoms with Crippen molar-refractivity contribution in [1.82, 2.24) is 20.2 Å². The monoisotopic (exact) mass is 416 g/mol. The van der Waals surface area contributed by atoms with E-state index in [2.05, 4.69) is 15.3 Å². The first kappa shape index (κ1) is 21.5. The number of hydrogen-bond donors (Lipinski definition) is 2. The molecule has 2 amide bonds. The average Bonchev–Trinajstić information content (AvgIpc) is 3.24. The molecule has 2 heterocycles. The molecule has 2 atom stereocenters. The molecule has 162 valence electrons. The second kappa shape index (κ2) is 9.06. The average molecular weight is 416 g/mol. The number of amides is 2. The summed E-state index contributed by atoms with van der Waals surface area (Å²) in [7, 11) is 4.47. The molecule has 0 saturated heterocycles. The topological polar surface area (TPSA) is 106 Å². The summed E-state index contributed by atoms with van der Waals surface area (Å²) in [6.45, 7) is 4.15. The van der Waals surface area contributed by atoms with Crippen LogP contribution in [0.1, 0.15) is 36.8 Å². The number of fused-ring (bicyclic) bond motifs is 1. The predicted molar refractivity (Wildman–Crippen MR) is 110 cm³/mol. The van der Waals surface area contributed by atoms with Crippen LogP contribution in [0.3, 0.4) is 0 Å². The molecule has 0 aliphatic carbocycles. The fourth-order valence-electron chi connectivity index (χ4n) is 3.70. The van der Waals surface area contributed by atoms with Gasteiger partial charge < -0.3 is 29.4 Å². The zero-order chi connectivity index (χ0) is 21.8. The molecule has 1 unspecified atom stereocenters. The standard InChI is InChI=1S/C21H28N4O5/c1-12(2)17(20(26)30-5)24-21(27)25-9-8-15-18(23-11-22-15)19(25)14-10-13(28-3)6-7-16(14)29-4/h6-7,10-12,17,19H,8-9H2,1-5H3,(H,22,23)(H,24,27)/t17-,19?/m0/s1. The van der Waals surface area contributed by atoms with Gasteiger partial charge in [-0.05, 0) is 24.1 Å². The Balaban J connectivity index is 2.02. The Morgan fingerprint density at radius 2 is 2.00 bits per heavy atom. The summed E-state index contributed by atoms with van der Waals surface area (Å²) in [4.78, 5) is 34.8. The highest BCUT2D eigenvalue weighted by Crippen LogP contribution is 2.39. The van der Waals surface area contributed by atoms with Gasteiger partial charge in [0.1, 0.15) is 23.6 Å². The van der Waals surface area contributed by atoms with E-state index in [1.807, 2.05) is 19.9 Å². The van der Waals surface area contributed by atoms with Gasteiger partial charge in [-0.25, -0.2) is 14.6 Å². The first-order valence-electron chi connectivity index (χ1n) is 9.80. The van der Waals surface area contributed by atoms with E-state index in [1.165, 1.54) is 7.11 Å². The van der Waals surface area contributed by atoms with Crippen molar-refractivity contribution in [3.8, 4) is 11.5 Å². The van der Waals surface area contributed by atoms with Crippen molar-refractivity contribution in [1.29, 1.82) is 0 Å². The maximum Gasteiger partial charge on any atom is 0.328 e. The number of nitrogens with zero attached hydrogens (tertiary/aromatic N) is 2. The number of aromatic amines is 1. The summed E-state index contributed by atoms with van der Waals surface area (Å²) >= 11 is 0. The van der Waals surface area contributed by atoms with Crippen LogP contribution in [0.15, 0.2) is 24.5 Å². The van der Waals surface area contributed by atoms with Gasteiger partial charge in [0.05, 0.1) is 33.4 Å². The molecule has 3 rings (SSSR count). The Hall–Kier alpha value is -3.23. The van der Waals surface area contributed by atoms with Gasteiger partial charge in [0, 0.05) is 24.2 Å². The van der Waals surface area contributed by atoms with Crippen LogP contribution in [-0.4, -0.2) is 60.8 Å². The van der Waals surface area contributed by atoms with Crippen molar-refractivity contribution in [2.24, 2.45) is 5.92 Å². The summed E-state index contributed by atoms with van der Waals surface area (Å²) < 4.78 is 15.8. The lowest BCUT2D eigenvalue weighted by Crippen LogP contribution is -2.53. The molecular weight excluding hydrogens is 388 g/mol. The third-order valence-corrected chi connectivity index (χ3v) is 5.32. The third kappa shape index (κ3) is 4.05. The molecule has 1 aliphatic heterocycles. The van der Waals surface area contributed by atoms with Gasteiger partial charge in [-0.3, -0.25) is 0 Å². The second-order valence-corrected chi connectivity index (χ2v) is 7.41. The molecule has 9 nitrogen and oxygen atoms in total. The molecule has 1 aliphatic rings. The lowest BCUT2D eigenvalue weighted by Gasteiger charge is -2.37. The minimum atomic E-state index is -0.754. The summed E-state index contributed by atoms with van der Waals surface area (Å²) in [5, 5.41) is 2.83.